The molecule has 0 bridgehead atoms. The molecular formula is C11H12F2N2O. The number of nitrogens with two attached hydrogens (primary N) is 1. The fraction of sp³-hybridized carbons (Fsp3) is 0.364. The minimum Gasteiger partial charge on any atom is -0.317 e. The summed E-state index contributed by atoms with van der Waals surface area (Å²) in [7, 11) is 1.40. The summed E-state index contributed by atoms with van der Waals surface area (Å²) in [5.74, 6) is -1.60. The van der Waals surface area contributed by atoms with Crippen LogP contribution in [0.15, 0.2) is 18.2 Å². The van der Waals surface area contributed by atoms with E-state index in [0.29, 0.717) is 12.8 Å². The Morgan fingerprint density at radius 2 is 2.06 bits per heavy atom. The summed E-state index contributed by atoms with van der Waals surface area (Å²) in [6.45, 7) is 0. The Hall–Kier alpha value is -1.49. The van der Waals surface area contributed by atoms with Crippen molar-refractivity contribution in [3.8, 4) is 0 Å². The van der Waals surface area contributed by atoms with Crippen molar-refractivity contribution in [3.63, 3.8) is 0 Å². The van der Waals surface area contributed by atoms with Gasteiger partial charge < -0.3 is 10.6 Å². The van der Waals surface area contributed by atoms with Gasteiger partial charge in [-0.1, -0.05) is 0 Å². The quantitative estimate of drug-likeness (QED) is 0.829. The smallest absolute Gasteiger partial charge is 0.246 e. The molecule has 16 heavy (non-hydrogen) atoms. The number of amides is 1. The average molecular weight is 226 g/mol. The second-order valence-electron chi connectivity index (χ2n) is 4.12. The van der Waals surface area contributed by atoms with Crippen molar-refractivity contribution in [1.29, 1.82) is 0 Å². The number of hydrogen-bond acceptors (Lipinski definition) is 2. The van der Waals surface area contributed by atoms with Gasteiger partial charge in [-0.25, -0.2) is 8.78 Å². The van der Waals surface area contributed by atoms with Gasteiger partial charge in [-0.15, -0.1) is 0 Å². The van der Waals surface area contributed by atoms with Gasteiger partial charge in [0.2, 0.25) is 5.91 Å². The lowest BCUT2D eigenvalue weighted by molar-refractivity contribution is -0.120. The van der Waals surface area contributed by atoms with Gasteiger partial charge in [0.15, 0.2) is 0 Å². The Balaban J connectivity index is 2.29. The normalized spacial score (nSPS) is 17.0. The van der Waals surface area contributed by atoms with Crippen molar-refractivity contribution in [2.45, 2.75) is 18.4 Å². The number of anilines is 1. The number of carbonyl (C=O) groups is 1. The van der Waals surface area contributed by atoms with E-state index in [1.165, 1.54) is 7.05 Å². The fourth-order valence-corrected chi connectivity index (χ4v) is 1.53. The maximum atomic E-state index is 13.4. The predicted octanol–water partition coefficient (Wildman–Crippen LogP) is 1.42. The molecule has 0 unspecified atom stereocenters. The topological polar surface area (TPSA) is 46.3 Å². The first kappa shape index (κ1) is 11.0. The molecule has 0 radical (unpaired) electrons. The lowest BCUT2D eigenvalue weighted by Gasteiger charge is -2.21. The van der Waals surface area contributed by atoms with E-state index in [1.54, 1.807) is 0 Å². The highest BCUT2D eigenvalue weighted by molar-refractivity contribution is 6.01. The van der Waals surface area contributed by atoms with Crippen LogP contribution in [-0.4, -0.2) is 18.5 Å². The van der Waals surface area contributed by atoms with Gasteiger partial charge in [0.25, 0.3) is 0 Å². The molecule has 2 N–H and O–H groups in total. The second-order valence-corrected chi connectivity index (χ2v) is 4.12. The fourth-order valence-electron chi connectivity index (χ4n) is 1.53. The summed E-state index contributed by atoms with van der Waals surface area (Å²) < 4.78 is 26.3. The average Bonchev–Trinajstić information content (AvgIpc) is 2.99. The Morgan fingerprint density at radius 1 is 1.44 bits per heavy atom. The van der Waals surface area contributed by atoms with E-state index in [2.05, 4.69) is 0 Å². The first-order chi connectivity index (χ1) is 7.44. The summed E-state index contributed by atoms with van der Waals surface area (Å²) in [6, 6.07) is 2.98. The number of nitrogens with zero attached hydrogens (tertiary/aromatic N) is 1. The molecule has 1 amide bonds. The number of hydrogen-bond donors (Lipinski definition) is 1. The monoisotopic (exact) mass is 226 g/mol. The number of likely N-dealkylation sites (N-methyl/N-ethyl adjacent to an activating group) is 1. The molecule has 1 aliphatic rings. The van der Waals surface area contributed by atoms with Crippen LogP contribution in [0.4, 0.5) is 14.5 Å². The molecule has 0 heterocycles. The zero-order valence-corrected chi connectivity index (χ0v) is 8.84. The van der Waals surface area contributed by atoms with Crippen LogP contribution in [-0.2, 0) is 4.79 Å². The highest BCUT2D eigenvalue weighted by atomic mass is 19.1. The molecule has 1 fully saturated rings. The lowest BCUT2D eigenvalue weighted by atomic mass is 10.2. The molecule has 0 atom stereocenters. The van der Waals surface area contributed by atoms with Gasteiger partial charge in [0.05, 0.1) is 11.2 Å². The second kappa shape index (κ2) is 3.52. The van der Waals surface area contributed by atoms with E-state index in [4.69, 9.17) is 5.73 Å². The van der Waals surface area contributed by atoms with Crippen LogP contribution in [0.3, 0.4) is 0 Å². The van der Waals surface area contributed by atoms with Crippen LogP contribution >= 0.6 is 0 Å². The lowest BCUT2D eigenvalue weighted by Crippen LogP contribution is -2.44. The highest BCUT2D eigenvalue weighted by Crippen LogP contribution is 2.35. The summed E-state index contributed by atoms with van der Waals surface area (Å²) in [5, 5.41) is 0. The van der Waals surface area contributed by atoms with Crippen molar-refractivity contribution in [2.24, 2.45) is 5.73 Å². The van der Waals surface area contributed by atoms with Crippen molar-refractivity contribution in [1.82, 2.24) is 0 Å². The van der Waals surface area contributed by atoms with E-state index in [1.807, 2.05) is 0 Å². The molecule has 0 aromatic heterocycles. The Bertz CT molecular complexity index is 444. The summed E-state index contributed by atoms with van der Waals surface area (Å²) in [4.78, 5) is 12.9. The largest absolute Gasteiger partial charge is 0.317 e. The molecule has 86 valence electrons. The number of rotatable bonds is 2. The summed E-state index contributed by atoms with van der Waals surface area (Å²) in [5.41, 5.74) is 4.75. The van der Waals surface area contributed by atoms with E-state index in [-0.39, 0.29) is 11.6 Å². The van der Waals surface area contributed by atoms with Crippen molar-refractivity contribution in [3.05, 3.63) is 29.8 Å². The van der Waals surface area contributed by atoms with Gasteiger partial charge in [-0.3, -0.25) is 4.79 Å². The van der Waals surface area contributed by atoms with Crippen LogP contribution < -0.4 is 10.6 Å². The van der Waals surface area contributed by atoms with Gasteiger partial charge in [0.1, 0.15) is 11.6 Å². The first-order valence-corrected chi connectivity index (χ1v) is 4.96. The maximum Gasteiger partial charge on any atom is 0.246 e. The standard InChI is InChI=1S/C11H12F2N2O/c1-15(10(16)11(14)4-5-11)9-6-7(12)2-3-8(9)13/h2-3,6H,4-5,14H2,1H3. The van der Waals surface area contributed by atoms with Gasteiger partial charge in [0, 0.05) is 13.1 Å². The van der Waals surface area contributed by atoms with Crippen molar-refractivity contribution < 1.29 is 13.6 Å². The molecule has 0 spiro atoms. The minimum atomic E-state index is -0.881. The Labute approximate surface area is 91.8 Å². The SMILES string of the molecule is CN(C(=O)C1(N)CC1)c1cc(F)ccc1F. The summed E-state index contributed by atoms with van der Waals surface area (Å²) in [6.07, 6.45) is 1.18. The Morgan fingerprint density at radius 3 is 2.62 bits per heavy atom. The van der Waals surface area contributed by atoms with Crippen LogP contribution in [0, 0.1) is 11.6 Å². The number of carbonyl (C=O) groups excluding carboxylic acids is 1. The van der Waals surface area contributed by atoms with Crippen molar-refractivity contribution >= 4 is 11.6 Å². The number of halogens is 2. The third-order valence-corrected chi connectivity index (χ3v) is 2.79. The van der Waals surface area contributed by atoms with E-state index < -0.39 is 17.2 Å². The molecule has 1 saturated carbocycles. The molecule has 1 aromatic carbocycles. The molecule has 0 saturated heterocycles. The van der Waals surface area contributed by atoms with Gasteiger partial charge in [-0.2, -0.15) is 0 Å². The van der Waals surface area contributed by atoms with Crippen molar-refractivity contribution in [2.75, 3.05) is 11.9 Å². The molecular weight excluding hydrogens is 214 g/mol. The highest BCUT2D eigenvalue weighted by Gasteiger charge is 2.48. The van der Waals surface area contributed by atoms with E-state index in [0.717, 1.165) is 23.1 Å². The molecule has 3 nitrogen and oxygen atoms in total. The molecule has 2 rings (SSSR count). The van der Waals surface area contributed by atoms with Gasteiger partial charge >= 0.3 is 0 Å². The zero-order chi connectivity index (χ0) is 11.9. The summed E-state index contributed by atoms with van der Waals surface area (Å²) >= 11 is 0. The van der Waals surface area contributed by atoms with Gasteiger partial charge in [-0.05, 0) is 25.0 Å². The third kappa shape index (κ3) is 1.78. The minimum absolute atomic E-state index is 0.0817. The number of benzene rings is 1. The van der Waals surface area contributed by atoms with E-state index in [9.17, 15) is 13.6 Å². The van der Waals surface area contributed by atoms with Crippen LogP contribution in [0.5, 0.6) is 0 Å². The van der Waals surface area contributed by atoms with E-state index >= 15 is 0 Å². The first-order valence-electron chi connectivity index (χ1n) is 4.96. The zero-order valence-electron chi connectivity index (χ0n) is 8.84. The molecule has 1 aromatic rings. The Kier molecular flexibility index (Phi) is 2.42. The van der Waals surface area contributed by atoms with Crippen LogP contribution in [0.2, 0.25) is 0 Å². The molecule has 1 aliphatic carbocycles. The third-order valence-electron chi connectivity index (χ3n) is 2.79. The van der Waals surface area contributed by atoms with Crippen LogP contribution in [0.25, 0.3) is 0 Å². The molecule has 5 heteroatoms. The predicted molar refractivity (Wildman–Crippen MR) is 55.9 cm³/mol. The maximum absolute atomic E-state index is 13.4. The molecule has 0 aliphatic heterocycles. The van der Waals surface area contributed by atoms with Crippen LogP contribution in [0.1, 0.15) is 12.8 Å².